The molecule has 0 atom stereocenters. The fourth-order valence-corrected chi connectivity index (χ4v) is 7.32. The molecule has 0 aliphatic carbocycles. The minimum absolute atomic E-state index is 0.156. The van der Waals surface area contributed by atoms with Crippen LogP contribution in [0.3, 0.4) is 0 Å². The molecule has 0 bridgehead atoms. The molecule has 0 rings (SSSR count). The Balaban J connectivity index is -0.000000189. The fourth-order valence-electron chi connectivity index (χ4n) is 7.32. The summed E-state index contributed by atoms with van der Waals surface area (Å²) in [6, 6.07) is 0. The maximum atomic E-state index is 10.2. The van der Waals surface area contributed by atoms with E-state index >= 15 is 0 Å². The second-order valence-electron chi connectivity index (χ2n) is 20.5. The molecule has 14 heteroatoms. The van der Waals surface area contributed by atoms with Crippen LogP contribution in [0.1, 0.15) is 311 Å². The summed E-state index contributed by atoms with van der Waals surface area (Å²) in [5.41, 5.74) is -1.33. The number of carbonyl (C=O) groups is 4. The third-order valence-corrected chi connectivity index (χ3v) is 13.5. The molecule has 0 unspecified atom stereocenters. The molecule has 0 fully saturated rings. The molecule has 0 aliphatic rings. The van der Waals surface area contributed by atoms with Gasteiger partial charge >= 0.3 is 23.9 Å². The van der Waals surface area contributed by atoms with E-state index in [0.717, 1.165) is 51.4 Å². The number of aliphatic hydroxyl groups is 6. The van der Waals surface area contributed by atoms with Gasteiger partial charge in [-0.3, -0.25) is 19.2 Å². The number of carboxylic acids is 4. The van der Waals surface area contributed by atoms with Gasteiger partial charge in [0.1, 0.15) is 0 Å². The van der Waals surface area contributed by atoms with Gasteiger partial charge in [-0.15, -0.1) is 0 Å². The maximum Gasteiger partial charge on any atom is 0.303 e. The van der Waals surface area contributed by atoms with Crippen molar-refractivity contribution in [2.24, 2.45) is 10.8 Å². The van der Waals surface area contributed by atoms with Crippen molar-refractivity contribution in [2.45, 2.75) is 311 Å². The molecule has 0 aromatic heterocycles. The average Bonchev–Trinajstić information content (AvgIpc) is 3.39. The second kappa shape index (κ2) is 70.6. The Morgan fingerprint density at radius 1 is 0.230 bits per heavy atom. The van der Waals surface area contributed by atoms with Gasteiger partial charge in [0.2, 0.25) is 0 Å². The van der Waals surface area contributed by atoms with Crippen LogP contribution in [0.2, 0.25) is 0 Å². The van der Waals surface area contributed by atoms with Crippen LogP contribution in [0.4, 0.5) is 0 Å². The summed E-state index contributed by atoms with van der Waals surface area (Å²) in [5, 5.41) is 85.6. The van der Waals surface area contributed by atoms with Crippen LogP contribution in [-0.4, -0.2) is 115 Å². The molecular weight excluding hydrogens is 945 g/mol. The standard InChI is InChI=1S/4C12H24O2.2C6H14O3/c4*1-2-3-4-5-6-7-8-9-10-11-12(13)14;2*1-2-6(3-7,4-8)5-9/h4*2-11H2,1H3,(H,13,14);2*7-9H,2-5H2,1H3. The Bertz CT molecular complexity index is 915. The van der Waals surface area contributed by atoms with E-state index < -0.39 is 34.7 Å². The van der Waals surface area contributed by atoms with Gasteiger partial charge in [0.25, 0.3) is 0 Å². The highest BCUT2D eigenvalue weighted by Crippen LogP contribution is 2.19. The summed E-state index contributed by atoms with van der Waals surface area (Å²) in [7, 11) is 0. The second-order valence-corrected chi connectivity index (χ2v) is 20.5. The van der Waals surface area contributed by atoms with Crippen molar-refractivity contribution in [1.29, 1.82) is 0 Å². The van der Waals surface area contributed by atoms with Crippen LogP contribution < -0.4 is 0 Å². The average molecular weight is 1070 g/mol. The van der Waals surface area contributed by atoms with Crippen LogP contribution in [0.15, 0.2) is 0 Å². The van der Waals surface area contributed by atoms with Crippen molar-refractivity contribution in [1.82, 2.24) is 0 Å². The maximum absolute atomic E-state index is 10.2. The number of carboxylic acid groups (broad SMARTS) is 4. The predicted molar refractivity (Wildman–Crippen MR) is 306 cm³/mol. The quantitative estimate of drug-likeness (QED) is 0.0254. The van der Waals surface area contributed by atoms with Gasteiger partial charge < -0.3 is 51.1 Å². The summed E-state index contributed by atoms with van der Waals surface area (Å²) in [6.45, 7) is 11.6. The topological polar surface area (TPSA) is 271 Å². The lowest BCUT2D eigenvalue weighted by Gasteiger charge is -2.24. The van der Waals surface area contributed by atoms with Crippen LogP contribution in [0.25, 0.3) is 0 Å². The molecule has 0 saturated heterocycles. The Hall–Kier alpha value is -2.36. The Morgan fingerprint density at radius 3 is 0.432 bits per heavy atom. The Labute approximate surface area is 454 Å². The fraction of sp³-hybridized carbons (Fsp3) is 0.933. The van der Waals surface area contributed by atoms with E-state index in [2.05, 4.69) is 27.7 Å². The van der Waals surface area contributed by atoms with Crippen molar-refractivity contribution in [2.75, 3.05) is 39.6 Å². The van der Waals surface area contributed by atoms with Gasteiger partial charge in [-0.2, -0.15) is 0 Å². The highest BCUT2D eigenvalue weighted by atomic mass is 16.4. The van der Waals surface area contributed by atoms with Crippen LogP contribution in [0.5, 0.6) is 0 Å². The van der Waals surface area contributed by atoms with E-state index in [1.807, 2.05) is 13.8 Å². The van der Waals surface area contributed by atoms with Crippen LogP contribution in [0, 0.1) is 10.8 Å². The highest BCUT2D eigenvalue weighted by molar-refractivity contribution is 5.67. The number of rotatable bonds is 48. The van der Waals surface area contributed by atoms with E-state index in [9.17, 15) is 19.2 Å². The molecule has 0 aliphatic heterocycles. The van der Waals surface area contributed by atoms with Crippen molar-refractivity contribution in [3.63, 3.8) is 0 Å². The molecule has 0 spiro atoms. The number of unbranched alkanes of at least 4 members (excludes halogenated alkanes) is 32. The van der Waals surface area contributed by atoms with Gasteiger partial charge in [-0.25, -0.2) is 0 Å². The molecule has 448 valence electrons. The molecule has 0 heterocycles. The SMILES string of the molecule is CCC(CO)(CO)CO.CCC(CO)(CO)CO.CCCCCCCCCCCC(=O)O.CCCCCCCCCCCC(=O)O.CCCCCCCCCCCC(=O)O.CCCCCCCCCCCC(=O)O. The van der Waals surface area contributed by atoms with E-state index in [4.69, 9.17) is 51.1 Å². The van der Waals surface area contributed by atoms with E-state index in [1.54, 1.807) is 0 Å². The van der Waals surface area contributed by atoms with Crippen molar-refractivity contribution in [3.8, 4) is 0 Å². The smallest absolute Gasteiger partial charge is 0.303 e. The Kier molecular flexibility index (Phi) is 79.2. The minimum atomic E-state index is -0.667. The largest absolute Gasteiger partial charge is 0.481 e. The van der Waals surface area contributed by atoms with E-state index in [1.165, 1.54) is 180 Å². The Morgan fingerprint density at radius 2 is 0.351 bits per heavy atom. The van der Waals surface area contributed by atoms with Crippen molar-refractivity contribution < 1.29 is 70.2 Å². The van der Waals surface area contributed by atoms with E-state index in [-0.39, 0.29) is 39.6 Å². The predicted octanol–water partition coefficient (Wildman–Crippen LogP) is 14.7. The minimum Gasteiger partial charge on any atom is -0.481 e. The van der Waals surface area contributed by atoms with Gasteiger partial charge in [-0.1, -0.05) is 247 Å². The molecule has 0 amide bonds. The summed E-state index contributed by atoms with van der Waals surface area (Å²) >= 11 is 0. The van der Waals surface area contributed by atoms with Crippen LogP contribution >= 0.6 is 0 Å². The highest BCUT2D eigenvalue weighted by Gasteiger charge is 2.25. The first-order valence-corrected chi connectivity index (χ1v) is 30.1. The first kappa shape index (κ1) is 83.0. The lowest BCUT2D eigenvalue weighted by atomic mass is 9.88. The number of aliphatic carboxylic acids is 4. The zero-order valence-corrected chi connectivity index (χ0v) is 49.0. The molecule has 74 heavy (non-hydrogen) atoms. The zero-order valence-electron chi connectivity index (χ0n) is 49.0. The monoisotopic (exact) mass is 1070 g/mol. The third-order valence-electron chi connectivity index (χ3n) is 13.5. The number of aliphatic hydroxyl groups excluding tert-OH is 6. The molecule has 10 N–H and O–H groups in total. The molecule has 0 radical (unpaired) electrons. The summed E-state index contributed by atoms with van der Waals surface area (Å²) in [6.07, 6.45) is 47.1. The third kappa shape index (κ3) is 76.2. The number of hydrogen-bond acceptors (Lipinski definition) is 10. The van der Waals surface area contributed by atoms with Crippen LogP contribution in [-0.2, 0) is 19.2 Å². The molecule has 0 aromatic rings. The molecule has 14 nitrogen and oxygen atoms in total. The van der Waals surface area contributed by atoms with Gasteiger partial charge in [-0.05, 0) is 38.5 Å². The van der Waals surface area contributed by atoms with Crippen molar-refractivity contribution >= 4 is 23.9 Å². The molecule has 0 saturated carbocycles. The lowest BCUT2D eigenvalue weighted by molar-refractivity contribution is -0.138. The zero-order chi connectivity index (χ0) is 57.3. The summed E-state index contributed by atoms with van der Waals surface area (Å²) in [5.74, 6) is -2.64. The molecule has 0 aromatic carbocycles. The normalized spacial score (nSPS) is 10.8. The van der Waals surface area contributed by atoms with E-state index in [0.29, 0.717) is 38.5 Å². The van der Waals surface area contributed by atoms with Gasteiger partial charge in [0, 0.05) is 36.5 Å². The number of hydrogen-bond donors (Lipinski definition) is 10. The lowest BCUT2D eigenvalue weighted by Crippen LogP contribution is -2.32. The first-order valence-electron chi connectivity index (χ1n) is 30.1. The summed E-state index contributed by atoms with van der Waals surface area (Å²) in [4.78, 5) is 40.8. The van der Waals surface area contributed by atoms with Gasteiger partial charge in [0.05, 0.1) is 39.6 Å². The summed E-state index contributed by atoms with van der Waals surface area (Å²) < 4.78 is 0. The van der Waals surface area contributed by atoms with Gasteiger partial charge in [0.15, 0.2) is 0 Å². The first-order chi connectivity index (χ1) is 35.6. The van der Waals surface area contributed by atoms with Crippen molar-refractivity contribution in [3.05, 3.63) is 0 Å². The molecular formula is C60H124O14.